The number of rotatable bonds is 2. The zero-order valence-corrected chi connectivity index (χ0v) is 18.2. The van der Waals surface area contributed by atoms with Gasteiger partial charge in [-0.25, -0.2) is 4.39 Å². The summed E-state index contributed by atoms with van der Waals surface area (Å²) in [6, 6.07) is 5.59. The largest absolute Gasteiger partial charge is 0.307 e. The number of carbonyl (C=O) groups excluding carboxylic acids is 2. The van der Waals surface area contributed by atoms with Crippen molar-refractivity contribution in [3.8, 4) is 0 Å². The first-order valence-electron chi connectivity index (χ1n) is 10.4. The maximum atomic E-state index is 13.4. The molecule has 0 unspecified atom stereocenters. The average Bonchev–Trinajstić information content (AvgIpc) is 3.44. The summed E-state index contributed by atoms with van der Waals surface area (Å²) in [4.78, 5) is 44.3. The quantitative estimate of drug-likeness (QED) is 0.716. The Morgan fingerprint density at radius 1 is 1.13 bits per heavy atom. The average molecular weight is 445 g/mol. The second-order valence-electron chi connectivity index (χ2n) is 9.16. The smallest absolute Gasteiger partial charge is 0.305 e. The summed E-state index contributed by atoms with van der Waals surface area (Å²) in [6.07, 6.45) is 1.78. The van der Waals surface area contributed by atoms with E-state index in [4.69, 9.17) is 0 Å². The van der Waals surface area contributed by atoms with Crippen molar-refractivity contribution < 1.29 is 14.0 Å². The van der Waals surface area contributed by atoms with Gasteiger partial charge in [-0.1, -0.05) is 25.2 Å². The van der Waals surface area contributed by atoms with E-state index in [1.54, 1.807) is 11.8 Å². The maximum absolute atomic E-state index is 13.4. The molecular weight excluding hydrogens is 423 g/mol. The van der Waals surface area contributed by atoms with E-state index in [0.29, 0.717) is 5.69 Å². The van der Waals surface area contributed by atoms with E-state index < -0.39 is 0 Å². The molecule has 1 aromatic carbocycles. The lowest BCUT2D eigenvalue weighted by Gasteiger charge is -2.48. The van der Waals surface area contributed by atoms with Gasteiger partial charge in [0.25, 0.3) is 0 Å². The molecule has 1 aromatic heterocycles. The fourth-order valence-electron chi connectivity index (χ4n) is 6.74. The van der Waals surface area contributed by atoms with Crippen LogP contribution < -0.4 is 9.77 Å². The highest BCUT2D eigenvalue weighted by Crippen LogP contribution is 2.69. The molecule has 2 saturated carbocycles. The normalized spacial score (nSPS) is 38.7. The monoisotopic (exact) mass is 444 g/mol. The highest BCUT2D eigenvalue weighted by molar-refractivity contribution is 8.00. The summed E-state index contributed by atoms with van der Waals surface area (Å²) in [5.41, 5.74) is 0.282. The van der Waals surface area contributed by atoms with Gasteiger partial charge in [0.1, 0.15) is 5.82 Å². The lowest BCUT2D eigenvalue weighted by molar-refractivity contribution is -0.123. The van der Waals surface area contributed by atoms with E-state index in [1.165, 1.54) is 40.5 Å². The van der Waals surface area contributed by atoms with Gasteiger partial charge in [0.15, 0.2) is 0 Å². The van der Waals surface area contributed by atoms with E-state index in [-0.39, 0.29) is 62.8 Å². The number of thioether (sulfide) groups is 1. The first-order chi connectivity index (χ1) is 14.3. The van der Waals surface area contributed by atoms with Crippen LogP contribution in [0.1, 0.15) is 31.6 Å². The van der Waals surface area contributed by atoms with Gasteiger partial charge in [-0.2, -0.15) is 0 Å². The van der Waals surface area contributed by atoms with Crippen LogP contribution in [0.3, 0.4) is 0 Å². The van der Waals surface area contributed by atoms with Crippen LogP contribution in [0.4, 0.5) is 10.1 Å². The number of benzene rings is 1. The number of H-pyrrole nitrogens is 1. The lowest BCUT2D eigenvalue weighted by atomic mass is 9.62. The summed E-state index contributed by atoms with van der Waals surface area (Å²) < 4.78 is 13.4. The Labute approximate surface area is 181 Å². The van der Waals surface area contributed by atoms with Crippen LogP contribution in [0.25, 0.3) is 0 Å². The van der Waals surface area contributed by atoms with Gasteiger partial charge in [-0.05, 0) is 54.9 Å². The van der Waals surface area contributed by atoms with Gasteiger partial charge in [0.2, 0.25) is 11.8 Å². The van der Waals surface area contributed by atoms with Crippen molar-refractivity contribution >= 4 is 40.6 Å². The molecule has 2 aliphatic carbocycles. The maximum Gasteiger partial charge on any atom is 0.305 e. The van der Waals surface area contributed by atoms with Crippen LogP contribution in [0.15, 0.2) is 34.1 Å². The zero-order chi connectivity index (χ0) is 20.9. The van der Waals surface area contributed by atoms with Gasteiger partial charge in [0.05, 0.1) is 22.5 Å². The topological polar surface area (TPSA) is 70.2 Å². The number of anilines is 1. The Morgan fingerprint density at radius 3 is 2.47 bits per heavy atom. The van der Waals surface area contributed by atoms with Crippen LogP contribution in [-0.4, -0.2) is 22.0 Å². The van der Waals surface area contributed by atoms with Crippen molar-refractivity contribution in [3.05, 3.63) is 44.6 Å². The number of hydrogen-bond donors (Lipinski definition) is 1. The van der Waals surface area contributed by atoms with Crippen LogP contribution in [-0.2, 0) is 15.0 Å². The van der Waals surface area contributed by atoms with E-state index in [9.17, 15) is 18.8 Å². The van der Waals surface area contributed by atoms with Gasteiger partial charge in [0, 0.05) is 15.5 Å². The minimum absolute atomic E-state index is 0.0330. The molecule has 6 rings (SSSR count). The van der Waals surface area contributed by atoms with Crippen molar-refractivity contribution in [2.45, 2.75) is 42.4 Å². The molecule has 0 radical (unpaired) electrons. The number of aromatic nitrogens is 1. The molecule has 3 heterocycles. The van der Waals surface area contributed by atoms with Crippen molar-refractivity contribution in [1.29, 1.82) is 0 Å². The van der Waals surface area contributed by atoms with E-state index in [2.05, 4.69) is 18.8 Å². The molecule has 4 aliphatic rings. The minimum Gasteiger partial charge on any atom is -0.307 e. The Kier molecular flexibility index (Phi) is 3.80. The van der Waals surface area contributed by atoms with Crippen molar-refractivity contribution in [2.75, 3.05) is 4.90 Å². The third-order valence-electron chi connectivity index (χ3n) is 8.05. The standard InChI is InChI=1S/C22H21FN2O3S2/c1-3-22(2)15-11-8-12(16(15)29-18-17(22)30-21(28)24-18)14-13(11)19(26)25(20(14)27)10-6-4-9(23)5-7-10/h4-7,11-16H,3,8H2,1-2H3,(H,24,28)/t11-,12-,13+,14+,15-,16+,22-/m0/s1. The molecule has 30 heavy (non-hydrogen) atoms. The lowest BCUT2D eigenvalue weighted by Crippen LogP contribution is -2.49. The van der Waals surface area contributed by atoms with E-state index in [0.717, 1.165) is 22.7 Å². The molecule has 7 atom stereocenters. The molecule has 156 valence electrons. The molecule has 0 spiro atoms. The SMILES string of the molecule is CC[C@]1(C)c2sc(=O)[nH]c2S[C@@H]2[C@H]3C[C@@H]([C@H]4C(=O)N(c5ccc(F)cc5)C(=O)[C@H]34)[C@@H]21. The third kappa shape index (κ3) is 2.16. The number of aromatic amines is 1. The molecule has 2 aromatic rings. The second-order valence-corrected chi connectivity index (χ2v) is 11.3. The number of nitrogens with zero attached hydrogens (tertiary/aromatic N) is 1. The fourth-order valence-corrected chi connectivity index (χ4v) is 9.93. The molecule has 2 aliphatic heterocycles. The molecule has 1 saturated heterocycles. The van der Waals surface area contributed by atoms with E-state index >= 15 is 0 Å². The van der Waals surface area contributed by atoms with Crippen LogP contribution in [0.5, 0.6) is 0 Å². The summed E-state index contributed by atoms with van der Waals surface area (Å²) in [5, 5.41) is 1.18. The number of hydrogen-bond acceptors (Lipinski definition) is 5. The Morgan fingerprint density at radius 2 is 1.80 bits per heavy atom. The number of imide groups is 1. The number of nitrogens with one attached hydrogen (secondary N) is 1. The van der Waals surface area contributed by atoms with Crippen molar-refractivity contribution in [3.63, 3.8) is 0 Å². The van der Waals surface area contributed by atoms with Crippen molar-refractivity contribution in [1.82, 2.24) is 4.98 Å². The third-order valence-corrected chi connectivity index (χ3v) is 10.8. The molecular formula is C22H21FN2O3S2. The van der Waals surface area contributed by atoms with Gasteiger partial charge in [-0.15, -0.1) is 11.8 Å². The number of halogens is 1. The Hall–Kier alpha value is -1.93. The van der Waals surface area contributed by atoms with Gasteiger partial charge >= 0.3 is 4.87 Å². The van der Waals surface area contributed by atoms with Crippen LogP contribution in [0.2, 0.25) is 0 Å². The molecule has 1 N–H and O–H groups in total. The van der Waals surface area contributed by atoms with Gasteiger partial charge in [-0.3, -0.25) is 19.3 Å². The molecule has 8 heteroatoms. The summed E-state index contributed by atoms with van der Waals surface area (Å²) in [5.74, 6) is -0.770. The molecule has 2 bridgehead atoms. The first-order valence-corrected chi connectivity index (χ1v) is 12.1. The zero-order valence-electron chi connectivity index (χ0n) is 16.6. The number of fused-ring (bicyclic) bond motifs is 9. The van der Waals surface area contributed by atoms with Crippen molar-refractivity contribution in [2.24, 2.45) is 29.6 Å². The number of amides is 2. The Balaban J connectivity index is 1.43. The highest BCUT2D eigenvalue weighted by atomic mass is 32.2. The second kappa shape index (κ2) is 6.07. The number of carbonyl (C=O) groups is 2. The van der Waals surface area contributed by atoms with E-state index in [1.807, 2.05) is 0 Å². The van der Waals surface area contributed by atoms with Gasteiger partial charge < -0.3 is 4.98 Å². The molecule has 5 nitrogen and oxygen atoms in total. The predicted octanol–water partition coefficient (Wildman–Crippen LogP) is 3.79. The summed E-state index contributed by atoms with van der Waals surface area (Å²) in [6.45, 7) is 4.37. The highest BCUT2D eigenvalue weighted by Gasteiger charge is 2.71. The summed E-state index contributed by atoms with van der Waals surface area (Å²) in [7, 11) is 0. The minimum atomic E-state index is -0.389. The fraction of sp³-hybridized carbons (Fsp3) is 0.500. The molecule has 3 fully saturated rings. The molecule has 2 amide bonds. The predicted molar refractivity (Wildman–Crippen MR) is 113 cm³/mol. The van der Waals surface area contributed by atoms with Crippen LogP contribution in [0, 0.1) is 35.4 Å². The number of thiazole rings is 1. The first kappa shape index (κ1) is 18.8. The summed E-state index contributed by atoms with van der Waals surface area (Å²) >= 11 is 3.00. The van der Waals surface area contributed by atoms with Crippen LogP contribution >= 0.6 is 23.1 Å². The Bertz CT molecular complexity index is 1140.